The Morgan fingerprint density at radius 2 is 1.91 bits per heavy atom. The Morgan fingerprint density at radius 3 is 2.55 bits per heavy atom. The minimum Gasteiger partial charge on any atom is -0.392 e. The lowest BCUT2D eigenvalue weighted by Crippen LogP contribution is -2.41. The lowest BCUT2D eigenvalue weighted by Gasteiger charge is -2.33. The van der Waals surface area contributed by atoms with Crippen LogP contribution in [-0.2, 0) is 6.54 Å². The quantitative estimate of drug-likeness (QED) is 0.826. The van der Waals surface area contributed by atoms with Crippen LogP contribution in [0.2, 0.25) is 0 Å². The van der Waals surface area contributed by atoms with Crippen LogP contribution in [-0.4, -0.2) is 27.5 Å². The number of rotatable bonds is 7. The molecular weight excluding hydrogens is 274 g/mol. The summed E-state index contributed by atoms with van der Waals surface area (Å²) in [4.78, 5) is 0. The van der Waals surface area contributed by atoms with Crippen LogP contribution in [0, 0.1) is 11.3 Å². The number of hydrogen-bond donors (Lipinski definition) is 2. The topological polar surface area (TPSA) is 50.1 Å². The number of nitrogens with zero attached hydrogens (tertiary/aromatic N) is 2. The first-order chi connectivity index (χ1) is 10.4. The van der Waals surface area contributed by atoms with Crippen molar-refractivity contribution in [2.24, 2.45) is 11.3 Å². The summed E-state index contributed by atoms with van der Waals surface area (Å²) >= 11 is 0. The third kappa shape index (κ3) is 4.18. The zero-order chi connectivity index (χ0) is 16.2. The van der Waals surface area contributed by atoms with Crippen LogP contribution in [0.15, 0.2) is 42.7 Å². The van der Waals surface area contributed by atoms with E-state index in [0.29, 0.717) is 0 Å². The van der Waals surface area contributed by atoms with Gasteiger partial charge in [0.1, 0.15) is 0 Å². The summed E-state index contributed by atoms with van der Waals surface area (Å²) in [6.07, 6.45) is 3.60. The van der Waals surface area contributed by atoms with E-state index in [1.165, 1.54) is 0 Å². The van der Waals surface area contributed by atoms with Crippen molar-refractivity contribution in [1.82, 2.24) is 15.1 Å². The molecular formula is C18H27N3O. The van der Waals surface area contributed by atoms with E-state index in [9.17, 15) is 5.11 Å². The zero-order valence-electron chi connectivity index (χ0n) is 14.0. The molecule has 4 nitrogen and oxygen atoms in total. The molecule has 1 aromatic carbocycles. The summed E-state index contributed by atoms with van der Waals surface area (Å²) in [7, 11) is 0. The molecule has 0 fully saturated rings. The van der Waals surface area contributed by atoms with E-state index >= 15 is 0 Å². The molecule has 2 N–H and O–H groups in total. The van der Waals surface area contributed by atoms with Gasteiger partial charge in [0, 0.05) is 30.3 Å². The molecule has 22 heavy (non-hydrogen) atoms. The molecule has 0 aliphatic rings. The molecule has 0 aliphatic heterocycles. The number of aromatic nitrogens is 2. The molecule has 1 heterocycles. The van der Waals surface area contributed by atoms with Crippen LogP contribution in [0.4, 0.5) is 0 Å². The van der Waals surface area contributed by atoms with Crippen molar-refractivity contribution in [1.29, 1.82) is 0 Å². The van der Waals surface area contributed by atoms with Gasteiger partial charge in [0.05, 0.1) is 18.0 Å². The Bertz CT molecular complexity index is 575. The maximum absolute atomic E-state index is 10.2. The van der Waals surface area contributed by atoms with E-state index in [1.54, 1.807) is 0 Å². The van der Waals surface area contributed by atoms with Gasteiger partial charge in [-0.05, 0) is 18.1 Å². The molecule has 0 bridgehead atoms. The highest BCUT2D eigenvalue weighted by Gasteiger charge is 2.29. The second kappa shape index (κ2) is 7.07. The normalized spacial score (nSPS) is 13.5. The maximum atomic E-state index is 10.2. The summed E-state index contributed by atoms with van der Waals surface area (Å²) in [5, 5.41) is 18.1. The van der Waals surface area contributed by atoms with Crippen molar-refractivity contribution in [2.45, 2.75) is 40.3 Å². The second-order valence-electron chi connectivity index (χ2n) is 6.91. The Balaban J connectivity index is 1.89. The molecule has 2 rings (SSSR count). The van der Waals surface area contributed by atoms with E-state index < -0.39 is 0 Å². The van der Waals surface area contributed by atoms with E-state index in [2.05, 4.69) is 38.1 Å². The molecule has 0 amide bonds. The van der Waals surface area contributed by atoms with Crippen LogP contribution < -0.4 is 5.32 Å². The first kappa shape index (κ1) is 16.7. The van der Waals surface area contributed by atoms with Crippen molar-refractivity contribution in [3.05, 3.63) is 48.3 Å². The molecule has 0 spiro atoms. The summed E-state index contributed by atoms with van der Waals surface area (Å²) in [6.45, 7) is 9.81. The largest absolute Gasteiger partial charge is 0.392 e. The minimum atomic E-state index is -0.313. The van der Waals surface area contributed by atoms with Gasteiger partial charge in [-0.2, -0.15) is 5.10 Å². The van der Waals surface area contributed by atoms with Gasteiger partial charge in [0.2, 0.25) is 0 Å². The fourth-order valence-electron chi connectivity index (χ4n) is 2.71. The van der Waals surface area contributed by atoms with Crippen LogP contribution in [0.25, 0.3) is 5.69 Å². The lowest BCUT2D eigenvalue weighted by atomic mass is 9.81. The Labute approximate surface area is 133 Å². The summed E-state index contributed by atoms with van der Waals surface area (Å²) in [5.74, 6) is 0.262. The molecule has 0 saturated carbocycles. The first-order valence-electron chi connectivity index (χ1n) is 7.88. The van der Waals surface area contributed by atoms with Gasteiger partial charge < -0.3 is 10.4 Å². The Hall–Kier alpha value is -1.65. The summed E-state index contributed by atoms with van der Waals surface area (Å²) < 4.78 is 1.88. The molecule has 0 radical (unpaired) electrons. The molecule has 2 aromatic rings. The standard InChI is InChI=1S/C18H27N3O/c1-14(2)17(22)18(3,4)13-19-10-15-11-20-21(12-15)16-8-6-5-7-9-16/h5-9,11-12,14,17,19,22H,10,13H2,1-4H3. The average molecular weight is 301 g/mol. The predicted molar refractivity (Wildman–Crippen MR) is 89.9 cm³/mol. The number of hydrogen-bond acceptors (Lipinski definition) is 3. The van der Waals surface area contributed by atoms with Crippen LogP contribution in [0.1, 0.15) is 33.3 Å². The average Bonchev–Trinajstić information content (AvgIpc) is 2.96. The highest BCUT2D eigenvalue weighted by molar-refractivity contribution is 5.30. The van der Waals surface area contributed by atoms with Gasteiger partial charge in [-0.15, -0.1) is 0 Å². The minimum absolute atomic E-state index is 0.149. The van der Waals surface area contributed by atoms with Crippen molar-refractivity contribution in [2.75, 3.05) is 6.54 Å². The van der Waals surface area contributed by atoms with Crippen LogP contribution in [0.3, 0.4) is 0 Å². The fraction of sp³-hybridized carbons (Fsp3) is 0.500. The van der Waals surface area contributed by atoms with Gasteiger partial charge in [-0.25, -0.2) is 4.68 Å². The van der Waals surface area contributed by atoms with Gasteiger partial charge in [-0.3, -0.25) is 0 Å². The second-order valence-corrected chi connectivity index (χ2v) is 6.91. The number of para-hydroxylation sites is 1. The van der Waals surface area contributed by atoms with Crippen LogP contribution in [0.5, 0.6) is 0 Å². The van der Waals surface area contributed by atoms with Crippen molar-refractivity contribution < 1.29 is 5.11 Å². The molecule has 0 saturated heterocycles. The van der Waals surface area contributed by atoms with Crippen molar-refractivity contribution in [3.8, 4) is 5.69 Å². The third-order valence-electron chi connectivity index (χ3n) is 4.00. The number of benzene rings is 1. The molecule has 1 unspecified atom stereocenters. The number of nitrogens with one attached hydrogen (secondary N) is 1. The highest BCUT2D eigenvalue weighted by atomic mass is 16.3. The van der Waals surface area contributed by atoms with E-state index in [0.717, 1.165) is 24.3 Å². The molecule has 120 valence electrons. The maximum Gasteiger partial charge on any atom is 0.0645 e. The number of aliphatic hydroxyl groups excluding tert-OH is 1. The summed E-state index contributed by atoms with van der Waals surface area (Å²) in [5.41, 5.74) is 2.05. The third-order valence-corrected chi connectivity index (χ3v) is 4.00. The monoisotopic (exact) mass is 301 g/mol. The Morgan fingerprint density at radius 1 is 1.23 bits per heavy atom. The van der Waals surface area contributed by atoms with Gasteiger partial charge in [-0.1, -0.05) is 45.9 Å². The van der Waals surface area contributed by atoms with Crippen molar-refractivity contribution >= 4 is 0 Å². The van der Waals surface area contributed by atoms with E-state index in [4.69, 9.17) is 0 Å². The van der Waals surface area contributed by atoms with Crippen molar-refractivity contribution in [3.63, 3.8) is 0 Å². The molecule has 4 heteroatoms. The smallest absolute Gasteiger partial charge is 0.0645 e. The fourth-order valence-corrected chi connectivity index (χ4v) is 2.71. The van der Waals surface area contributed by atoms with Crippen LogP contribution >= 0.6 is 0 Å². The first-order valence-corrected chi connectivity index (χ1v) is 7.88. The highest BCUT2D eigenvalue weighted by Crippen LogP contribution is 2.25. The van der Waals surface area contributed by atoms with E-state index in [-0.39, 0.29) is 17.4 Å². The van der Waals surface area contributed by atoms with Gasteiger partial charge >= 0.3 is 0 Å². The number of aliphatic hydroxyl groups is 1. The zero-order valence-corrected chi connectivity index (χ0v) is 14.0. The Kier molecular flexibility index (Phi) is 5.37. The van der Waals surface area contributed by atoms with Gasteiger partial charge in [0.15, 0.2) is 0 Å². The molecule has 0 aliphatic carbocycles. The SMILES string of the molecule is CC(C)C(O)C(C)(C)CNCc1cnn(-c2ccccc2)c1. The molecule has 1 atom stereocenters. The predicted octanol–water partition coefficient (Wildman–Crippen LogP) is 3.01. The lowest BCUT2D eigenvalue weighted by molar-refractivity contribution is 0.0134. The summed E-state index contributed by atoms with van der Waals surface area (Å²) in [6, 6.07) is 10.1. The van der Waals surface area contributed by atoms with E-state index in [1.807, 2.05) is 47.4 Å². The van der Waals surface area contributed by atoms with Gasteiger partial charge in [0.25, 0.3) is 0 Å². The molecule has 1 aromatic heterocycles.